The Balaban J connectivity index is 1.89. The number of carbonyl (C=O) groups is 2. The third-order valence-electron chi connectivity index (χ3n) is 4.09. The summed E-state index contributed by atoms with van der Waals surface area (Å²) >= 11 is 0. The van der Waals surface area contributed by atoms with Gasteiger partial charge in [0.25, 0.3) is 0 Å². The van der Waals surface area contributed by atoms with Crippen molar-refractivity contribution in [1.29, 1.82) is 0 Å². The summed E-state index contributed by atoms with van der Waals surface area (Å²) in [7, 11) is -3.06. The van der Waals surface area contributed by atoms with Crippen LogP contribution in [0.2, 0.25) is 0 Å². The van der Waals surface area contributed by atoms with Gasteiger partial charge in [0, 0.05) is 12.5 Å². The van der Waals surface area contributed by atoms with Gasteiger partial charge in [-0.25, -0.2) is 8.42 Å². The third-order valence-corrected chi connectivity index (χ3v) is 5.91. The minimum absolute atomic E-state index is 0.0290. The Labute approximate surface area is 112 Å². The Morgan fingerprint density at radius 3 is 2.42 bits per heavy atom. The average molecular weight is 289 g/mol. The van der Waals surface area contributed by atoms with E-state index in [1.165, 1.54) is 0 Å². The number of amides is 1. The summed E-state index contributed by atoms with van der Waals surface area (Å²) in [6.07, 6.45) is 3.04. The molecule has 0 bridgehead atoms. The normalized spacial score (nSPS) is 28.1. The van der Waals surface area contributed by atoms with Crippen LogP contribution in [0, 0.1) is 5.41 Å². The lowest BCUT2D eigenvalue weighted by Gasteiger charge is -2.37. The molecule has 1 aliphatic carbocycles. The van der Waals surface area contributed by atoms with E-state index < -0.39 is 21.2 Å². The zero-order chi connectivity index (χ0) is 14.1. The van der Waals surface area contributed by atoms with E-state index in [-0.39, 0.29) is 29.9 Å². The molecule has 19 heavy (non-hydrogen) atoms. The monoisotopic (exact) mass is 289 g/mol. The van der Waals surface area contributed by atoms with Gasteiger partial charge >= 0.3 is 5.97 Å². The Bertz CT molecular complexity index is 480. The van der Waals surface area contributed by atoms with Crippen molar-refractivity contribution in [3.63, 3.8) is 0 Å². The van der Waals surface area contributed by atoms with Crippen LogP contribution in [0.1, 0.15) is 38.5 Å². The van der Waals surface area contributed by atoms with Crippen LogP contribution in [-0.4, -0.2) is 42.9 Å². The molecule has 108 valence electrons. The van der Waals surface area contributed by atoms with E-state index in [2.05, 4.69) is 5.32 Å². The quantitative estimate of drug-likeness (QED) is 0.776. The van der Waals surface area contributed by atoms with Crippen molar-refractivity contribution in [3.8, 4) is 0 Å². The molecule has 0 aromatic carbocycles. The lowest BCUT2D eigenvalue weighted by molar-refractivity contribution is -0.157. The second-order valence-corrected chi connectivity index (χ2v) is 7.87. The first-order chi connectivity index (χ1) is 8.83. The van der Waals surface area contributed by atoms with E-state index >= 15 is 0 Å². The molecule has 1 saturated carbocycles. The van der Waals surface area contributed by atoms with Gasteiger partial charge in [-0.1, -0.05) is 6.42 Å². The number of hydrogen-bond acceptors (Lipinski definition) is 4. The number of hydrogen-bond donors (Lipinski definition) is 2. The minimum atomic E-state index is -3.06. The van der Waals surface area contributed by atoms with Crippen molar-refractivity contribution in [3.05, 3.63) is 0 Å². The first-order valence-electron chi connectivity index (χ1n) is 6.56. The molecule has 7 heteroatoms. The number of rotatable bonds is 4. The zero-order valence-electron chi connectivity index (χ0n) is 10.7. The summed E-state index contributed by atoms with van der Waals surface area (Å²) in [6, 6.07) is -0.364. The van der Waals surface area contributed by atoms with Crippen LogP contribution in [0.25, 0.3) is 0 Å². The highest BCUT2D eigenvalue weighted by molar-refractivity contribution is 7.91. The second-order valence-electron chi connectivity index (χ2n) is 5.64. The summed E-state index contributed by atoms with van der Waals surface area (Å²) in [4.78, 5) is 23.0. The molecule has 2 aliphatic rings. The van der Waals surface area contributed by atoms with Crippen molar-refractivity contribution in [1.82, 2.24) is 5.32 Å². The molecule has 2 N–H and O–H groups in total. The van der Waals surface area contributed by atoms with E-state index in [1.54, 1.807) is 0 Å². The molecule has 0 aromatic rings. The van der Waals surface area contributed by atoms with Crippen molar-refractivity contribution < 1.29 is 23.1 Å². The molecular formula is C12H19NO5S. The Morgan fingerprint density at radius 2 is 1.95 bits per heavy atom. The van der Waals surface area contributed by atoms with Crippen LogP contribution < -0.4 is 5.32 Å². The first-order valence-corrected chi connectivity index (χ1v) is 8.38. The van der Waals surface area contributed by atoms with Gasteiger partial charge in [0.2, 0.25) is 5.91 Å². The third kappa shape index (κ3) is 3.26. The zero-order valence-corrected chi connectivity index (χ0v) is 11.5. The second kappa shape index (κ2) is 5.11. The fourth-order valence-corrected chi connectivity index (χ4v) is 4.43. The van der Waals surface area contributed by atoms with E-state index in [9.17, 15) is 18.0 Å². The fraction of sp³-hybridized carbons (Fsp3) is 0.833. The summed E-state index contributed by atoms with van der Waals surface area (Å²) < 4.78 is 22.9. The van der Waals surface area contributed by atoms with Crippen LogP contribution >= 0.6 is 0 Å². The van der Waals surface area contributed by atoms with Crippen molar-refractivity contribution in [2.75, 3.05) is 11.5 Å². The number of aliphatic carboxylic acids is 1. The van der Waals surface area contributed by atoms with Crippen LogP contribution in [0.15, 0.2) is 0 Å². The highest BCUT2D eigenvalue weighted by atomic mass is 32.2. The van der Waals surface area contributed by atoms with Crippen LogP contribution in [0.3, 0.4) is 0 Å². The van der Waals surface area contributed by atoms with E-state index in [1.807, 2.05) is 0 Å². The molecule has 1 amide bonds. The molecule has 1 atom stereocenters. The van der Waals surface area contributed by atoms with E-state index in [4.69, 9.17) is 5.11 Å². The van der Waals surface area contributed by atoms with Gasteiger partial charge in [-0.2, -0.15) is 0 Å². The molecule has 6 nitrogen and oxygen atoms in total. The maximum atomic E-state index is 11.9. The number of sulfone groups is 1. The Hall–Kier alpha value is -1.11. The summed E-state index contributed by atoms with van der Waals surface area (Å²) in [5.74, 6) is -1.12. The van der Waals surface area contributed by atoms with Gasteiger partial charge in [0.1, 0.15) is 0 Å². The lowest BCUT2D eigenvalue weighted by Crippen LogP contribution is -2.47. The van der Waals surface area contributed by atoms with Crippen molar-refractivity contribution in [2.24, 2.45) is 5.41 Å². The van der Waals surface area contributed by atoms with E-state index in [0.29, 0.717) is 25.7 Å². The topological polar surface area (TPSA) is 101 Å². The Morgan fingerprint density at radius 1 is 1.26 bits per heavy atom. The van der Waals surface area contributed by atoms with Gasteiger partial charge in [0.15, 0.2) is 9.84 Å². The van der Waals surface area contributed by atoms with Crippen molar-refractivity contribution in [2.45, 2.75) is 44.6 Å². The van der Waals surface area contributed by atoms with Gasteiger partial charge in [0.05, 0.1) is 16.9 Å². The van der Waals surface area contributed by atoms with Crippen LogP contribution in [0.5, 0.6) is 0 Å². The Kier molecular flexibility index (Phi) is 3.85. The molecule has 2 rings (SSSR count). The SMILES string of the molecule is O=C(CC1(C(=O)O)CCC1)NC1CCCS(=O)(=O)C1. The number of carbonyl (C=O) groups excluding carboxylic acids is 1. The fourth-order valence-electron chi connectivity index (χ4n) is 2.79. The predicted octanol–water partition coefficient (Wildman–Crippen LogP) is 0.325. The number of carboxylic acid groups (broad SMARTS) is 1. The minimum Gasteiger partial charge on any atom is -0.481 e. The number of carboxylic acids is 1. The van der Waals surface area contributed by atoms with Gasteiger partial charge in [-0.05, 0) is 25.7 Å². The summed E-state index contributed by atoms with van der Waals surface area (Å²) in [5, 5.41) is 11.8. The van der Waals surface area contributed by atoms with Gasteiger partial charge in [-0.3, -0.25) is 9.59 Å². The van der Waals surface area contributed by atoms with Crippen molar-refractivity contribution >= 4 is 21.7 Å². The molecule has 1 aliphatic heterocycles. The molecule has 0 aromatic heterocycles. The molecule has 1 heterocycles. The average Bonchev–Trinajstić information content (AvgIpc) is 2.21. The predicted molar refractivity (Wildman–Crippen MR) is 68.4 cm³/mol. The molecule has 0 spiro atoms. The van der Waals surface area contributed by atoms with Gasteiger partial charge < -0.3 is 10.4 Å². The summed E-state index contributed by atoms with van der Waals surface area (Å²) in [5.41, 5.74) is -0.919. The standard InChI is InChI=1S/C12H19NO5S/c14-10(7-12(11(15)16)4-2-5-12)13-9-3-1-6-19(17,18)8-9/h9H,1-8H2,(H,13,14)(H,15,16). The molecule has 2 fully saturated rings. The lowest BCUT2D eigenvalue weighted by atomic mass is 9.66. The summed E-state index contributed by atoms with van der Waals surface area (Å²) in [6.45, 7) is 0. The van der Waals surface area contributed by atoms with Crippen LogP contribution in [-0.2, 0) is 19.4 Å². The molecule has 1 saturated heterocycles. The maximum Gasteiger partial charge on any atom is 0.310 e. The highest BCUT2D eigenvalue weighted by Gasteiger charge is 2.46. The number of nitrogens with one attached hydrogen (secondary N) is 1. The maximum absolute atomic E-state index is 11.9. The highest BCUT2D eigenvalue weighted by Crippen LogP contribution is 2.44. The molecule has 0 radical (unpaired) electrons. The first kappa shape index (κ1) is 14.3. The van der Waals surface area contributed by atoms with Crippen LogP contribution in [0.4, 0.5) is 0 Å². The molecule has 1 unspecified atom stereocenters. The smallest absolute Gasteiger partial charge is 0.310 e. The van der Waals surface area contributed by atoms with E-state index in [0.717, 1.165) is 6.42 Å². The molecular weight excluding hydrogens is 270 g/mol. The van der Waals surface area contributed by atoms with Gasteiger partial charge in [-0.15, -0.1) is 0 Å². The largest absolute Gasteiger partial charge is 0.481 e.